The molecule has 3 aromatic heterocycles. The Labute approximate surface area is 196 Å². The molecule has 0 radical (unpaired) electrons. The number of morpholine rings is 1. The van der Waals surface area contributed by atoms with E-state index in [0.717, 1.165) is 11.1 Å². The number of nitrogens with one attached hydrogen (secondary N) is 1. The van der Waals surface area contributed by atoms with Crippen LogP contribution in [0.1, 0.15) is 21.6 Å². The maximum absolute atomic E-state index is 12.9. The van der Waals surface area contributed by atoms with Crippen LogP contribution in [0.5, 0.6) is 0 Å². The van der Waals surface area contributed by atoms with Gasteiger partial charge in [-0.2, -0.15) is 15.1 Å². The van der Waals surface area contributed by atoms with Gasteiger partial charge in [0.05, 0.1) is 38.0 Å². The van der Waals surface area contributed by atoms with E-state index < -0.39 is 0 Å². The highest BCUT2D eigenvalue weighted by molar-refractivity contribution is 5.95. The number of hydrogen-bond donors (Lipinski definition) is 1. The molecule has 1 aromatic carbocycles. The van der Waals surface area contributed by atoms with E-state index >= 15 is 0 Å². The molecule has 10 heteroatoms. The van der Waals surface area contributed by atoms with Crippen LogP contribution in [-0.2, 0) is 18.3 Å². The molecule has 10 nitrogen and oxygen atoms in total. The average molecular weight is 459 g/mol. The lowest BCUT2D eigenvalue weighted by Crippen LogP contribution is -2.37. The molecule has 34 heavy (non-hydrogen) atoms. The van der Waals surface area contributed by atoms with Gasteiger partial charge in [-0.1, -0.05) is 29.8 Å². The molecule has 0 aliphatic carbocycles. The maximum atomic E-state index is 12.9. The number of fused-ring (bicyclic) bond motifs is 1. The number of nitrogens with zero attached hydrogens (tertiary/aromatic N) is 7. The normalized spacial score (nSPS) is 14.2. The number of aryl methyl sites for hydroxylation is 2. The lowest BCUT2D eigenvalue weighted by Gasteiger charge is -2.27. The maximum Gasteiger partial charge on any atom is 0.229 e. The Morgan fingerprint density at radius 1 is 1.21 bits per heavy atom. The van der Waals surface area contributed by atoms with Gasteiger partial charge in [0.2, 0.25) is 5.95 Å². The molecule has 174 valence electrons. The summed E-state index contributed by atoms with van der Waals surface area (Å²) in [7, 11) is 1.85. The zero-order chi connectivity index (χ0) is 23.5. The van der Waals surface area contributed by atoms with E-state index in [1.165, 1.54) is 0 Å². The van der Waals surface area contributed by atoms with E-state index in [1.807, 2.05) is 61.1 Å². The van der Waals surface area contributed by atoms with Crippen molar-refractivity contribution in [3.8, 4) is 0 Å². The predicted molar refractivity (Wildman–Crippen MR) is 130 cm³/mol. The molecule has 0 unspecified atom stereocenters. The number of aromatic nitrogens is 5. The van der Waals surface area contributed by atoms with E-state index in [4.69, 9.17) is 14.7 Å². The standard InChI is InChI=1S/C24H26N8O2/c1-17-5-3-6-18(13-17)14-26-29-22-21-23(28-24(27-22)31-9-11-34-12-10-31)32(16-25-21)15-20(33)19-7-4-8-30(19)2/h3-8,13-14,16H,9-12,15H2,1-2H3,(H,27,28,29)/b26-14+. The summed E-state index contributed by atoms with van der Waals surface area (Å²) in [5.74, 6) is 1.02. The van der Waals surface area contributed by atoms with Crippen molar-refractivity contribution < 1.29 is 9.53 Å². The van der Waals surface area contributed by atoms with Crippen molar-refractivity contribution in [2.24, 2.45) is 12.1 Å². The predicted octanol–water partition coefficient (Wildman–Crippen LogP) is 2.64. The van der Waals surface area contributed by atoms with Gasteiger partial charge in [-0.3, -0.25) is 10.2 Å². The molecule has 4 heterocycles. The van der Waals surface area contributed by atoms with Crippen molar-refractivity contribution >= 4 is 34.9 Å². The number of carbonyl (C=O) groups excluding carboxylic acids is 1. The lowest BCUT2D eigenvalue weighted by atomic mass is 10.2. The van der Waals surface area contributed by atoms with Gasteiger partial charge >= 0.3 is 0 Å². The minimum Gasteiger partial charge on any atom is -0.378 e. The SMILES string of the molecule is Cc1cccc(/C=N/Nc2nc(N3CCOCC3)nc3c2ncn3CC(=O)c2cccn2C)c1. The summed E-state index contributed by atoms with van der Waals surface area (Å²) in [6.45, 7) is 4.76. The molecular weight excluding hydrogens is 432 g/mol. The summed E-state index contributed by atoms with van der Waals surface area (Å²) in [6, 6.07) is 11.7. The van der Waals surface area contributed by atoms with Crippen LogP contribution in [0.15, 0.2) is 54.0 Å². The fraction of sp³-hybridized carbons (Fsp3) is 0.292. The van der Waals surface area contributed by atoms with Crippen LogP contribution in [-0.4, -0.2) is 62.4 Å². The number of ether oxygens (including phenoxy) is 1. The van der Waals surface area contributed by atoms with Crippen molar-refractivity contribution in [1.29, 1.82) is 0 Å². The van der Waals surface area contributed by atoms with Crippen LogP contribution in [0.2, 0.25) is 0 Å². The second kappa shape index (κ2) is 9.44. The van der Waals surface area contributed by atoms with Crippen LogP contribution in [0.25, 0.3) is 11.2 Å². The number of carbonyl (C=O) groups is 1. The molecule has 0 amide bonds. The van der Waals surface area contributed by atoms with Crippen LogP contribution >= 0.6 is 0 Å². The molecule has 1 aliphatic rings. The highest BCUT2D eigenvalue weighted by atomic mass is 16.5. The molecule has 5 rings (SSSR count). The van der Waals surface area contributed by atoms with Crippen molar-refractivity contribution in [2.75, 3.05) is 36.6 Å². The summed E-state index contributed by atoms with van der Waals surface area (Å²) in [6.07, 6.45) is 5.22. The van der Waals surface area contributed by atoms with Crippen LogP contribution in [0.3, 0.4) is 0 Å². The van der Waals surface area contributed by atoms with Crippen LogP contribution < -0.4 is 10.3 Å². The summed E-state index contributed by atoms with van der Waals surface area (Å²) < 4.78 is 9.04. The van der Waals surface area contributed by atoms with Crippen LogP contribution in [0.4, 0.5) is 11.8 Å². The molecule has 4 aromatic rings. The molecular formula is C24H26N8O2. The second-order valence-electron chi connectivity index (χ2n) is 8.23. The third-order valence-corrected chi connectivity index (χ3v) is 5.72. The smallest absolute Gasteiger partial charge is 0.229 e. The number of imidazole rings is 1. The second-order valence-corrected chi connectivity index (χ2v) is 8.23. The van der Waals surface area contributed by atoms with Gasteiger partial charge in [0.25, 0.3) is 0 Å². The average Bonchev–Trinajstić information content (AvgIpc) is 3.46. The Morgan fingerprint density at radius 2 is 2.06 bits per heavy atom. The minimum absolute atomic E-state index is 0.0229. The van der Waals surface area contributed by atoms with Gasteiger partial charge in [0.15, 0.2) is 22.8 Å². The Hall–Kier alpha value is -4.05. The quantitative estimate of drug-likeness (QED) is 0.258. The van der Waals surface area contributed by atoms with Crippen LogP contribution in [0, 0.1) is 6.92 Å². The Balaban J connectivity index is 1.48. The van der Waals surface area contributed by atoms with E-state index in [1.54, 1.807) is 17.1 Å². The van der Waals surface area contributed by atoms with Crippen molar-refractivity contribution in [2.45, 2.75) is 13.5 Å². The molecule has 1 N–H and O–H groups in total. The Kier molecular flexibility index (Phi) is 6.05. The van der Waals surface area contributed by atoms with Gasteiger partial charge in [-0.05, 0) is 24.6 Å². The van der Waals surface area contributed by atoms with E-state index in [-0.39, 0.29) is 12.3 Å². The largest absolute Gasteiger partial charge is 0.378 e. The Bertz CT molecular complexity index is 1350. The monoisotopic (exact) mass is 458 g/mol. The number of hydrazone groups is 1. The molecule has 1 aliphatic heterocycles. The van der Waals surface area contributed by atoms with Gasteiger partial charge in [-0.15, -0.1) is 0 Å². The highest BCUT2D eigenvalue weighted by Gasteiger charge is 2.20. The molecule has 1 fully saturated rings. The molecule has 0 spiro atoms. The summed E-state index contributed by atoms with van der Waals surface area (Å²) >= 11 is 0. The topological polar surface area (TPSA) is 102 Å². The molecule has 0 bridgehead atoms. The van der Waals surface area contributed by atoms with Gasteiger partial charge in [0.1, 0.15) is 0 Å². The van der Waals surface area contributed by atoms with Gasteiger partial charge < -0.3 is 18.8 Å². The number of benzene rings is 1. The van der Waals surface area contributed by atoms with Gasteiger partial charge in [-0.25, -0.2) is 4.98 Å². The third kappa shape index (κ3) is 4.53. The number of anilines is 2. The van der Waals surface area contributed by atoms with E-state index in [9.17, 15) is 4.79 Å². The lowest BCUT2D eigenvalue weighted by molar-refractivity contribution is 0.0965. The number of Topliss-reactive ketones (excluding diaryl/α,β-unsaturated/α-hetero) is 1. The fourth-order valence-corrected chi connectivity index (χ4v) is 3.94. The first-order chi connectivity index (χ1) is 16.6. The molecule has 0 atom stereocenters. The molecule has 0 saturated carbocycles. The molecule has 1 saturated heterocycles. The van der Waals surface area contributed by atoms with E-state index in [0.29, 0.717) is 54.9 Å². The number of rotatable bonds is 7. The first-order valence-electron chi connectivity index (χ1n) is 11.1. The van der Waals surface area contributed by atoms with Crippen molar-refractivity contribution in [1.82, 2.24) is 24.1 Å². The summed E-state index contributed by atoms with van der Waals surface area (Å²) in [5.41, 5.74) is 6.93. The van der Waals surface area contributed by atoms with Crippen molar-refractivity contribution in [3.63, 3.8) is 0 Å². The Morgan fingerprint density at radius 3 is 2.82 bits per heavy atom. The van der Waals surface area contributed by atoms with E-state index in [2.05, 4.69) is 20.4 Å². The summed E-state index contributed by atoms with van der Waals surface area (Å²) in [5, 5.41) is 4.38. The first-order valence-corrected chi connectivity index (χ1v) is 11.1. The summed E-state index contributed by atoms with van der Waals surface area (Å²) in [4.78, 5) is 28.9. The highest BCUT2D eigenvalue weighted by Crippen LogP contribution is 2.23. The zero-order valence-corrected chi connectivity index (χ0v) is 19.2. The van der Waals surface area contributed by atoms with Gasteiger partial charge in [0, 0.05) is 26.3 Å². The first kappa shape index (κ1) is 21.8. The fourth-order valence-electron chi connectivity index (χ4n) is 3.94. The number of ketones is 1. The zero-order valence-electron chi connectivity index (χ0n) is 19.2. The number of hydrogen-bond acceptors (Lipinski definition) is 8. The third-order valence-electron chi connectivity index (χ3n) is 5.72. The van der Waals surface area contributed by atoms with Crippen molar-refractivity contribution in [3.05, 3.63) is 65.7 Å². The minimum atomic E-state index is -0.0229.